The van der Waals surface area contributed by atoms with E-state index in [0.29, 0.717) is 12.5 Å². The molecule has 1 heterocycles. The van der Waals surface area contributed by atoms with Gasteiger partial charge in [-0.25, -0.2) is 0 Å². The van der Waals surface area contributed by atoms with Gasteiger partial charge in [0.15, 0.2) is 5.96 Å². The number of aliphatic imine (C=N–C) groups is 1. The summed E-state index contributed by atoms with van der Waals surface area (Å²) in [5.74, 6) is 2.16. The minimum Gasteiger partial charge on any atom is -0.459 e. The summed E-state index contributed by atoms with van der Waals surface area (Å²) in [7, 11) is 5.09. The van der Waals surface area contributed by atoms with Crippen LogP contribution in [0.5, 0.6) is 0 Å². The molecule has 1 aromatic carbocycles. The fourth-order valence-electron chi connectivity index (χ4n) is 1.94. The van der Waals surface area contributed by atoms with Crippen LogP contribution in [0.2, 0.25) is 0 Å². The highest BCUT2D eigenvalue weighted by molar-refractivity contribution is 5.86. The van der Waals surface area contributed by atoms with Gasteiger partial charge in [-0.05, 0) is 12.1 Å². The molecule has 0 fully saturated rings. The number of carbonyl (C=O) groups is 1. The molecule has 1 amide bonds. The third kappa shape index (κ3) is 4.88. The average molecular weight is 314 g/mol. The first-order chi connectivity index (χ1) is 11.1. The van der Waals surface area contributed by atoms with Gasteiger partial charge in [0.05, 0.1) is 13.1 Å². The van der Waals surface area contributed by atoms with Crippen molar-refractivity contribution in [2.24, 2.45) is 4.99 Å². The molecule has 0 aliphatic rings. The van der Waals surface area contributed by atoms with E-state index in [1.54, 1.807) is 21.1 Å². The van der Waals surface area contributed by atoms with E-state index >= 15 is 0 Å². The Kier molecular flexibility index (Phi) is 5.80. The van der Waals surface area contributed by atoms with Gasteiger partial charge >= 0.3 is 0 Å². The van der Waals surface area contributed by atoms with E-state index in [1.165, 1.54) is 4.90 Å². The third-order valence-electron chi connectivity index (χ3n) is 3.28. The number of amides is 1. The lowest BCUT2D eigenvalue weighted by atomic mass is 10.2. The van der Waals surface area contributed by atoms with Gasteiger partial charge in [0, 0.05) is 26.7 Å². The van der Waals surface area contributed by atoms with Crippen molar-refractivity contribution < 1.29 is 9.21 Å². The molecule has 122 valence electrons. The highest BCUT2D eigenvalue weighted by Crippen LogP contribution is 2.21. The highest BCUT2D eigenvalue weighted by Gasteiger charge is 2.07. The minimum atomic E-state index is -0.0164. The quantitative estimate of drug-likeness (QED) is 0.651. The molecule has 6 heteroatoms. The van der Waals surface area contributed by atoms with Crippen molar-refractivity contribution >= 4 is 11.9 Å². The number of carbonyl (C=O) groups excluding carboxylic acids is 1. The molecule has 23 heavy (non-hydrogen) atoms. The second-order valence-electron chi connectivity index (χ2n) is 5.20. The zero-order valence-corrected chi connectivity index (χ0v) is 13.7. The Morgan fingerprint density at radius 2 is 1.87 bits per heavy atom. The SMILES string of the molecule is CN=C(NCC(=O)N(C)C)NCc1ccc(-c2ccccc2)o1. The molecule has 0 atom stereocenters. The predicted octanol–water partition coefficient (Wildman–Crippen LogP) is 1.70. The van der Waals surface area contributed by atoms with Crippen molar-refractivity contribution in [3.63, 3.8) is 0 Å². The van der Waals surface area contributed by atoms with E-state index < -0.39 is 0 Å². The molecular formula is C17H22N4O2. The number of nitrogens with one attached hydrogen (secondary N) is 2. The van der Waals surface area contributed by atoms with Crippen LogP contribution in [0.25, 0.3) is 11.3 Å². The fraction of sp³-hybridized carbons (Fsp3) is 0.294. The second kappa shape index (κ2) is 8.03. The van der Waals surface area contributed by atoms with Crippen molar-refractivity contribution in [1.82, 2.24) is 15.5 Å². The van der Waals surface area contributed by atoms with Crippen molar-refractivity contribution in [3.8, 4) is 11.3 Å². The summed E-state index contributed by atoms with van der Waals surface area (Å²) in [6.07, 6.45) is 0. The molecule has 1 aromatic heterocycles. The average Bonchev–Trinajstić information content (AvgIpc) is 3.04. The molecule has 0 aliphatic carbocycles. The molecule has 2 rings (SSSR count). The molecule has 0 saturated heterocycles. The maximum absolute atomic E-state index is 11.6. The van der Waals surface area contributed by atoms with E-state index in [9.17, 15) is 4.79 Å². The zero-order chi connectivity index (χ0) is 16.7. The third-order valence-corrected chi connectivity index (χ3v) is 3.28. The number of nitrogens with zero attached hydrogens (tertiary/aromatic N) is 2. The molecular weight excluding hydrogens is 292 g/mol. The van der Waals surface area contributed by atoms with E-state index in [0.717, 1.165) is 17.1 Å². The van der Waals surface area contributed by atoms with Crippen LogP contribution >= 0.6 is 0 Å². The van der Waals surface area contributed by atoms with Gasteiger partial charge < -0.3 is 20.0 Å². The number of rotatable bonds is 5. The van der Waals surface area contributed by atoms with E-state index in [2.05, 4.69) is 15.6 Å². The van der Waals surface area contributed by atoms with Crippen LogP contribution in [-0.4, -0.2) is 44.5 Å². The van der Waals surface area contributed by atoms with Gasteiger partial charge in [0.1, 0.15) is 11.5 Å². The summed E-state index contributed by atoms with van der Waals surface area (Å²) in [5, 5.41) is 6.08. The van der Waals surface area contributed by atoms with Crippen molar-refractivity contribution in [1.29, 1.82) is 0 Å². The van der Waals surface area contributed by atoms with Gasteiger partial charge in [-0.15, -0.1) is 0 Å². The summed E-state index contributed by atoms with van der Waals surface area (Å²) in [5.41, 5.74) is 1.04. The first kappa shape index (κ1) is 16.6. The monoisotopic (exact) mass is 314 g/mol. The first-order valence-electron chi connectivity index (χ1n) is 7.39. The van der Waals surface area contributed by atoms with E-state index in [4.69, 9.17) is 4.42 Å². The molecule has 0 bridgehead atoms. The molecule has 2 N–H and O–H groups in total. The Morgan fingerprint density at radius 3 is 2.52 bits per heavy atom. The van der Waals surface area contributed by atoms with Gasteiger partial charge in [-0.3, -0.25) is 9.79 Å². The molecule has 0 saturated carbocycles. The maximum Gasteiger partial charge on any atom is 0.241 e. The number of guanidine groups is 1. The van der Waals surface area contributed by atoms with E-state index in [-0.39, 0.29) is 12.5 Å². The van der Waals surface area contributed by atoms with Crippen LogP contribution in [-0.2, 0) is 11.3 Å². The number of furan rings is 1. The van der Waals surface area contributed by atoms with Gasteiger partial charge in [0.25, 0.3) is 0 Å². The second-order valence-corrected chi connectivity index (χ2v) is 5.20. The Bertz CT molecular complexity index is 662. The van der Waals surface area contributed by atoms with Crippen LogP contribution in [0.1, 0.15) is 5.76 Å². The van der Waals surface area contributed by atoms with Crippen LogP contribution in [0, 0.1) is 0 Å². The molecule has 6 nitrogen and oxygen atoms in total. The Labute approximate surface area is 136 Å². The van der Waals surface area contributed by atoms with Crippen LogP contribution < -0.4 is 10.6 Å². The summed E-state index contributed by atoms with van der Waals surface area (Å²) in [6.45, 7) is 0.683. The standard InChI is InChI=1S/C17H22N4O2/c1-18-17(20-12-16(22)21(2)3)19-11-14-9-10-15(23-14)13-7-5-4-6-8-13/h4-10H,11-12H2,1-3H3,(H2,18,19,20). The lowest BCUT2D eigenvalue weighted by Crippen LogP contribution is -2.42. The maximum atomic E-state index is 11.6. The summed E-state index contributed by atoms with van der Waals surface area (Å²) < 4.78 is 5.81. The minimum absolute atomic E-state index is 0.0164. The number of likely N-dealkylation sites (N-methyl/N-ethyl adjacent to an activating group) is 1. The predicted molar refractivity (Wildman–Crippen MR) is 91.0 cm³/mol. The van der Waals surface area contributed by atoms with Gasteiger partial charge in [-0.1, -0.05) is 30.3 Å². The van der Waals surface area contributed by atoms with Crippen LogP contribution in [0.4, 0.5) is 0 Å². The number of benzene rings is 1. The van der Waals surface area contributed by atoms with Gasteiger partial charge in [-0.2, -0.15) is 0 Å². The molecule has 0 spiro atoms. The lowest BCUT2D eigenvalue weighted by molar-refractivity contribution is -0.127. The van der Waals surface area contributed by atoms with Crippen molar-refractivity contribution in [2.45, 2.75) is 6.54 Å². The summed E-state index contributed by atoms with van der Waals surface area (Å²) in [4.78, 5) is 17.2. The topological polar surface area (TPSA) is 69.9 Å². The van der Waals surface area contributed by atoms with E-state index in [1.807, 2.05) is 42.5 Å². The number of hydrogen-bond donors (Lipinski definition) is 2. The smallest absolute Gasteiger partial charge is 0.241 e. The fourth-order valence-corrected chi connectivity index (χ4v) is 1.94. The Balaban J connectivity index is 1.88. The Morgan fingerprint density at radius 1 is 1.13 bits per heavy atom. The van der Waals surface area contributed by atoms with Crippen LogP contribution in [0.15, 0.2) is 51.9 Å². The highest BCUT2D eigenvalue weighted by atomic mass is 16.3. The lowest BCUT2D eigenvalue weighted by Gasteiger charge is -2.13. The molecule has 0 radical (unpaired) electrons. The molecule has 0 aliphatic heterocycles. The van der Waals surface area contributed by atoms with Gasteiger partial charge in [0.2, 0.25) is 5.91 Å². The summed E-state index contributed by atoms with van der Waals surface area (Å²) >= 11 is 0. The van der Waals surface area contributed by atoms with Crippen molar-refractivity contribution in [2.75, 3.05) is 27.7 Å². The number of hydrogen-bond acceptors (Lipinski definition) is 3. The molecule has 2 aromatic rings. The summed E-state index contributed by atoms with van der Waals surface area (Å²) in [6, 6.07) is 13.8. The largest absolute Gasteiger partial charge is 0.459 e. The first-order valence-corrected chi connectivity index (χ1v) is 7.39. The molecule has 0 unspecified atom stereocenters. The van der Waals surface area contributed by atoms with Crippen molar-refractivity contribution in [3.05, 3.63) is 48.2 Å². The normalized spacial score (nSPS) is 11.2. The van der Waals surface area contributed by atoms with Crippen LogP contribution in [0.3, 0.4) is 0 Å². The Hall–Kier alpha value is -2.76. The zero-order valence-electron chi connectivity index (χ0n) is 13.7.